The molecule has 0 radical (unpaired) electrons. The molecular weight excluding hydrogens is 280 g/mol. The predicted octanol–water partition coefficient (Wildman–Crippen LogP) is 4.22. The third-order valence-corrected chi connectivity index (χ3v) is 5.26. The van der Waals surface area contributed by atoms with Gasteiger partial charge in [0.05, 0.1) is 6.04 Å². The lowest BCUT2D eigenvalue weighted by Crippen LogP contribution is -2.45. The number of hydrogen-bond acceptors (Lipinski definition) is 2. The number of fused-ring (bicyclic) bond motifs is 3. The molecule has 0 atom stereocenters. The zero-order chi connectivity index (χ0) is 15.8. The Kier molecular flexibility index (Phi) is 3.96. The fourth-order valence-corrected chi connectivity index (χ4v) is 4.32. The van der Waals surface area contributed by atoms with Crippen LogP contribution in [0.2, 0.25) is 0 Å². The van der Waals surface area contributed by atoms with E-state index in [9.17, 15) is 0 Å². The fraction of sp³-hybridized carbons (Fsp3) is 0.429. The molecule has 2 aliphatic rings. The minimum atomic E-state index is 0.447. The van der Waals surface area contributed by atoms with Crippen molar-refractivity contribution in [3.8, 4) is 11.1 Å². The number of nitrogens with one attached hydrogen (secondary N) is 1. The van der Waals surface area contributed by atoms with Crippen LogP contribution in [0, 0.1) is 0 Å². The molecule has 23 heavy (non-hydrogen) atoms. The first-order chi connectivity index (χ1) is 11.2. The van der Waals surface area contributed by atoms with Gasteiger partial charge in [-0.2, -0.15) is 0 Å². The van der Waals surface area contributed by atoms with Crippen LogP contribution in [-0.4, -0.2) is 30.1 Å². The second-order valence-electron chi connectivity index (χ2n) is 7.21. The molecule has 2 heteroatoms. The molecule has 4 rings (SSSR count). The molecule has 0 spiro atoms. The summed E-state index contributed by atoms with van der Waals surface area (Å²) in [5.74, 6) is 0. The minimum absolute atomic E-state index is 0.447. The van der Waals surface area contributed by atoms with E-state index in [1.54, 1.807) is 0 Å². The van der Waals surface area contributed by atoms with Gasteiger partial charge in [-0.05, 0) is 35.1 Å². The van der Waals surface area contributed by atoms with Gasteiger partial charge in [-0.25, -0.2) is 0 Å². The van der Waals surface area contributed by atoms with E-state index >= 15 is 0 Å². The first kappa shape index (κ1) is 14.9. The summed E-state index contributed by atoms with van der Waals surface area (Å²) in [5, 5.41) is 3.70. The van der Waals surface area contributed by atoms with E-state index in [0.29, 0.717) is 18.1 Å². The van der Waals surface area contributed by atoms with Crippen molar-refractivity contribution in [3.63, 3.8) is 0 Å². The van der Waals surface area contributed by atoms with Gasteiger partial charge in [-0.15, -0.1) is 0 Å². The Hall–Kier alpha value is -1.64. The lowest BCUT2D eigenvalue weighted by molar-refractivity contribution is 0.162. The molecule has 1 aliphatic carbocycles. The standard InChI is InChI=1S/C21H26N2/c1-15(2)22-16-11-13-23(14-12-16)21-19-9-5-3-7-17(19)18-8-4-6-10-20(18)21/h3-10,15-16,21-22H,11-14H2,1-2H3. The molecule has 0 aromatic heterocycles. The fourth-order valence-electron chi connectivity index (χ4n) is 4.32. The van der Waals surface area contributed by atoms with Crippen molar-refractivity contribution < 1.29 is 0 Å². The third-order valence-electron chi connectivity index (χ3n) is 5.26. The molecule has 1 aliphatic heterocycles. The molecule has 0 saturated carbocycles. The summed E-state index contributed by atoms with van der Waals surface area (Å²) >= 11 is 0. The number of benzene rings is 2. The maximum absolute atomic E-state index is 3.70. The van der Waals surface area contributed by atoms with Gasteiger partial charge in [0.15, 0.2) is 0 Å². The maximum atomic E-state index is 3.70. The first-order valence-corrected chi connectivity index (χ1v) is 8.92. The molecule has 2 aromatic rings. The Morgan fingerprint density at radius 3 is 1.91 bits per heavy atom. The van der Waals surface area contributed by atoms with Crippen molar-refractivity contribution in [1.82, 2.24) is 10.2 Å². The monoisotopic (exact) mass is 306 g/mol. The average Bonchev–Trinajstić information content (AvgIpc) is 2.90. The number of nitrogens with zero attached hydrogens (tertiary/aromatic N) is 1. The van der Waals surface area contributed by atoms with E-state index in [-0.39, 0.29) is 0 Å². The summed E-state index contributed by atoms with van der Waals surface area (Å²) in [6.07, 6.45) is 2.50. The lowest BCUT2D eigenvalue weighted by Gasteiger charge is -2.37. The van der Waals surface area contributed by atoms with Crippen molar-refractivity contribution >= 4 is 0 Å². The van der Waals surface area contributed by atoms with E-state index < -0.39 is 0 Å². The molecule has 0 unspecified atom stereocenters. The third kappa shape index (κ3) is 2.71. The maximum Gasteiger partial charge on any atom is 0.0614 e. The summed E-state index contributed by atoms with van der Waals surface area (Å²) in [5.41, 5.74) is 5.83. The van der Waals surface area contributed by atoms with Crippen LogP contribution < -0.4 is 5.32 Å². The summed E-state index contributed by atoms with van der Waals surface area (Å²) in [7, 11) is 0. The molecule has 120 valence electrons. The van der Waals surface area contributed by atoms with Crippen molar-refractivity contribution in [2.24, 2.45) is 0 Å². The zero-order valence-corrected chi connectivity index (χ0v) is 14.1. The van der Waals surface area contributed by atoms with E-state index in [0.717, 1.165) is 0 Å². The second kappa shape index (κ2) is 6.10. The van der Waals surface area contributed by atoms with Crippen LogP contribution in [0.4, 0.5) is 0 Å². The van der Waals surface area contributed by atoms with Crippen LogP contribution in [-0.2, 0) is 0 Å². The summed E-state index contributed by atoms with van der Waals surface area (Å²) in [4.78, 5) is 2.68. The zero-order valence-electron chi connectivity index (χ0n) is 14.1. The Morgan fingerprint density at radius 1 is 0.870 bits per heavy atom. The van der Waals surface area contributed by atoms with E-state index in [1.807, 2.05) is 0 Å². The highest BCUT2D eigenvalue weighted by atomic mass is 15.2. The molecule has 1 N–H and O–H groups in total. The van der Waals surface area contributed by atoms with Gasteiger partial charge >= 0.3 is 0 Å². The van der Waals surface area contributed by atoms with Crippen LogP contribution in [0.15, 0.2) is 48.5 Å². The van der Waals surface area contributed by atoms with Gasteiger partial charge in [-0.3, -0.25) is 4.90 Å². The molecule has 1 saturated heterocycles. The molecule has 1 fully saturated rings. The van der Waals surface area contributed by atoms with E-state index in [2.05, 4.69) is 72.6 Å². The number of likely N-dealkylation sites (tertiary alicyclic amines) is 1. The van der Waals surface area contributed by atoms with Crippen molar-refractivity contribution in [2.75, 3.05) is 13.1 Å². The summed E-state index contributed by atoms with van der Waals surface area (Å²) in [6.45, 7) is 6.85. The molecular formula is C21H26N2. The molecule has 0 amide bonds. The summed E-state index contributed by atoms with van der Waals surface area (Å²) < 4.78 is 0. The van der Waals surface area contributed by atoms with Crippen LogP contribution in [0.5, 0.6) is 0 Å². The highest BCUT2D eigenvalue weighted by Gasteiger charge is 2.34. The SMILES string of the molecule is CC(C)NC1CCN(C2c3ccccc3-c3ccccc32)CC1. The van der Waals surface area contributed by atoms with Gasteiger partial charge < -0.3 is 5.32 Å². The Bertz CT molecular complexity index is 638. The van der Waals surface area contributed by atoms with Crippen molar-refractivity contribution in [3.05, 3.63) is 59.7 Å². The van der Waals surface area contributed by atoms with E-state index in [1.165, 1.54) is 48.2 Å². The average molecular weight is 306 g/mol. The molecule has 2 nitrogen and oxygen atoms in total. The highest BCUT2D eigenvalue weighted by molar-refractivity contribution is 5.78. The number of rotatable bonds is 3. The van der Waals surface area contributed by atoms with Gasteiger partial charge in [0.1, 0.15) is 0 Å². The van der Waals surface area contributed by atoms with Gasteiger partial charge in [-0.1, -0.05) is 62.4 Å². The summed E-state index contributed by atoms with van der Waals surface area (Å²) in [6, 6.07) is 19.6. The largest absolute Gasteiger partial charge is 0.312 e. The molecule has 0 bridgehead atoms. The topological polar surface area (TPSA) is 15.3 Å². The van der Waals surface area contributed by atoms with Crippen molar-refractivity contribution in [1.29, 1.82) is 0 Å². The van der Waals surface area contributed by atoms with Crippen LogP contribution in [0.1, 0.15) is 43.9 Å². The van der Waals surface area contributed by atoms with Crippen LogP contribution in [0.25, 0.3) is 11.1 Å². The van der Waals surface area contributed by atoms with Gasteiger partial charge in [0, 0.05) is 25.2 Å². The Labute approximate surface area is 139 Å². The quantitative estimate of drug-likeness (QED) is 0.913. The Balaban J connectivity index is 1.60. The minimum Gasteiger partial charge on any atom is -0.312 e. The number of hydrogen-bond donors (Lipinski definition) is 1. The van der Waals surface area contributed by atoms with Crippen molar-refractivity contribution in [2.45, 2.75) is 44.8 Å². The second-order valence-corrected chi connectivity index (χ2v) is 7.21. The Morgan fingerprint density at radius 2 is 1.39 bits per heavy atom. The van der Waals surface area contributed by atoms with Crippen LogP contribution in [0.3, 0.4) is 0 Å². The predicted molar refractivity (Wildman–Crippen MR) is 96.6 cm³/mol. The van der Waals surface area contributed by atoms with Gasteiger partial charge in [0.25, 0.3) is 0 Å². The first-order valence-electron chi connectivity index (χ1n) is 8.92. The molecule has 1 heterocycles. The normalized spacial score (nSPS) is 19.1. The number of piperidine rings is 1. The lowest BCUT2D eigenvalue weighted by atomic mass is 9.97. The smallest absolute Gasteiger partial charge is 0.0614 e. The van der Waals surface area contributed by atoms with E-state index in [4.69, 9.17) is 0 Å². The highest BCUT2D eigenvalue weighted by Crippen LogP contribution is 2.46. The molecule has 2 aromatic carbocycles. The van der Waals surface area contributed by atoms with Gasteiger partial charge in [0.2, 0.25) is 0 Å². The van der Waals surface area contributed by atoms with Crippen LogP contribution >= 0.6 is 0 Å².